The van der Waals surface area contributed by atoms with Crippen LogP contribution in [0.5, 0.6) is 0 Å². The number of sulfone groups is 1. The maximum absolute atomic E-state index is 12.2. The Labute approximate surface area is 126 Å². The van der Waals surface area contributed by atoms with Crippen molar-refractivity contribution in [1.29, 1.82) is 0 Å². The number of hydrogen-bond donors (Lipinski definition) is 1. The van der Waals surface area contributed by atoms with Crippen LogP contribution in [0.25, 0.3) is 0 Å². The number of anilines is 1. The van der Waals surface area contributed by atoms with Gasteiger partial charge in [-0.2, -0.15) is 11.8 Å². The molecule has 1 aromatic rings. The molecule has 1 aliphatic heterocycles. The second kappa shape index (κ2) is 5.90. The fourth-order valence-electron chi connectivity index (χ4n) is 1.99. The Morgan fingerprint density at radius 3 is 2.80 bits per heavy atom. The van der Waals surface area contributed by atoms with Crippen molar-refractivity contribution >= 4 is 44.0 Å². The summed E-state index contributed by atoms with van der Waals surface area (Å²) in [5.41, 5.74) is 0.434. The van der Waals surface area contributed by atoms with Crippen LogP contribution in [-0.4, -0.2) is 53.7 Å². The van der Waals surface area contributed by atoms with E-state index in [-0.39, 0.29) is 10.6 Å². The summed E-state index contributed by atoms with van der Waals surface area (Å²) in [4.78, 5) is 17.2. The molecule has 0 radical (unpaired) electrons. The van der Waals surface area contributed by atoms with E-state index in [1.165, 1.54) is 0 Å². The Morgan fingerprint density at radius 1 is 1.55 bits per heavy atom. The summed E-state index contributed by atoms with van der Waals surface area (Å²) in [6, 6.07) is 0. The predicted octanol–water partition coefficient (Wildman–Crippen LogP) is 1.46. The number of aryl methyl sites for hydroxylation is 1. The van der Waals surface area contributed by atoms with Crippen LogP contribution >= 0.6 is 23.1 Å². The quantitative estimate of drug-likeness (QED) is 0.890. The maximum Gasteiger partial charge on any atom is 0.347 e. The highest BCUT2D eigenvalue weighted by Crippen LogP contribution is 2.32. The maximum atomic E-state index is 12.2. The number of carboxylic acids is 1. The number of carbonyl (C=O) groups is 1. The Kier molecular flexibility index (Phi) is 4.60. The van der Waals surface area contributed by atoms with Crippen molar-refractivity contribution in [2.24, 2.45) is 0 Å². The summed E-state index contributed by atoms with van der Waals surface area (Å²) in [6.45, 7) is 3.83. The van der Waals surface area contributed by atoms with Gasteiger partial charge in [0.2, 0.25) is 0 Å². The van der Waals surface area contributed by atoms with Crippen molar-refractivity contribution in [3.8, 4) is 0 Å². The molecule has 6 nitrogen and oxygen atoms in total. The average Bonchev–Trinajstić information content (AvgIpc) is 2.81. The van der Waals surface area contributed by atoms with Crippen LogP contribution in [-0.2, 0) is 9.84 Å². The standard InChI is InChI=1S/C11H16N2O4S3/c1-3-20(16,17)8-6-18-5-4-13(8)11-12-7(2)9(19-11)10(14)15/h8H,3-6H2,1-2H3,(H,14,15). The largest absolute Gasteiger partial charge is 0.477 e. The van der Waals surface area contributed by atoms with E-state index in [0.29, 0.717) is 23.1 Å². The average molecular weight is 336 g/mol. The first-order chi connectivity index (χ1) is 9.36. The van der Waals surface area contributed by atoms with Crippen LogP contribution in [0.1, 0.15) is 22.3 Å². The van der Waals surface area contributed by atoms with Gasteiger partial charge in [0.15, 0.2) is 15.0 Å². The molecule has 2 rings (SSSR count). The topological polar surface area (TPSA) is 87.6 Å². The molecule has 112 valence electrons. The lowest BCUT2D eigenvalue weighted by Crippen LogP contribution is -2.48. The molecule has 1 atom stereocenters. The van der Waals surface area contributed by atoms with E-state index >= 15 is 0 Å². The van der Waals surface area contributed by atoms with Crippen molar-refractivity contribution in [3.63, 3.8) is 0 Å². The van der Waals surface area contributed by atoms with Gasteiger partial charge in [-0.3, -0.25) is 0 Å². The smallest absolute Gasteiger partial charge is 0.347 e. The van der Waals surface area contributed by atoms with Crippen LogP contribution in [0.4, 0.5) is 5.13 Å². The zero-order valence-electron chi connectivity index (χ0n) is 11.2. The molecular formula is C11H16N2O4S3. The summed E-state index contributed by atoms with van der Waals surface area (Å²) in [7, 11) is -3.22. The first kappa shape index (κ1) is 15.6. The number of thiazole rings is 1. The molecule has 0 bridgehead atoms. The van der Waals surface area contributed by atoms with Gasteiger partial charge < -0.3 is 10.0 Å². The Hall–Kier alpha value is -0.800. The predicted molar refractivity (Wildman–Crippen MR) is 81.7 cm³/mol. The molecule has 1 fully saturated rings. The minimum absolute atomic E-state index is 0.0743. The third-order valence-electron chi connectivity index (χ3n) is 3.13. The zero-order valence-corrected chi connectivity index (χ0v) is 13.6. The molecule has 0 spiro atoms. The number of rotatable bonds is 4. The first-order valence-corrected chi connectivity index (χ1v) is 9.82. The molecule has 1 unspecified atom stereocenters. The number of aromatic carboxylic acids is 1. The van der Waals surface area contributed by atoms with Gasteiger partial charge >= 0.3 is 5.97 Å². The number of aromatic nitrogens is 1. The highest BCUT2D eigenvalue weighted by molar-refractivity contribution is 8.01. The van der Waals surface area contributed by atoms with Gasteiger partial charge in [0.05, 0.1) is 5.69 Å². The zero-order chi connectivity index (χ0) is 14.9. The lowest BCUT2D eigenvalue weighted by atomic mass is 10.4. The molecule has 20 heavy (non-hydrogen) atoms. The van der Waals surface area contributed by atoms with Gasteiger partial charge in [-0.05, 0) is 6.92 Å². The summed E-state index contributed by atoms with van der Waals surface area (Å²) >= 11 is 2.65. The highest BCUT2D eigenvalue weighted by Gasteiger charge is 2.35. The van der Waals surface area contributed by atoms with Crippen LogP contribution in [0.3, 0.4) is 0 Å². The Bertz CT molecular complexity index is 611. The third kappa shape index (κ3) is 2.94. The van der Waals surface area contributed by atoms with E-state index in [1.54, 1.807) is 30.5 Å². The van der Waals surface area contributed by atoms with E-state index in [4.69, 9.17) is 5.11 Å². The molecule has 9 heteroatoms. The highest BCUT2D eigenvalue weighted by atomic mass is 32.2. The fourth-order valence-corrected chi connectivity index (χ4v) is 6.01. The summed E-state index contributed by atoms with van der Waals surface area (Å²) < 4.78 is 24.3. The van der Waals surface area contributed by atoms with E-state index in [2.05, 4.69) is 4.98 Å². The van der Waals surface area contributed by atoms with Crippen LogP contribution in [0, 0.1) is 6.92 Å². The lowest BCUT2D eigenvalue weighted by Gasteiger charge is -2.34. The van der Waals surface area contributed by atoms with E-state index in [0.717, 1.165) is 17.1 Å². The monoisotopic (exact) mass is 336 g/mol. The molecule has 0 aliphatic carbocycles. The van der Waals surface area contributed by atoms with Gasteiger partial charge in [0, 0.05) is 23.8 Å². The van der Waals surface area contributed by atoms with Crippen molar-refractivity contribution in [2.75, 3.05) is 28.7 Å². The Balaban J connectivity index is 2.38. The SMILES string of the molecule is CCS(=O)(=O)C1CSCCN1c1nc(C)c(C(=O)O)s1. The normalized spacial score (nSPS) is 20.1. The molecular weight excluding hydrogens is 320 g/mol. The molecule has 1 saturated heterocycles. The third-order valence-corrected chi connectivity index (χ3v) is 7.60. The number of hydrogen-bond acceptors (Lipinski definition) is 7. The van der Waals surface area contributed by atoms with Crippen molar-refractivity contribution < 1.29 is 18.3 Å². The summed E-state index contributed by atoms with van der Waals surface area (Å²) in [6.07, 6.45) is 0. The van der Waals surface area contributed by atoms with Gasteiger partial charge in [-0.1, -0.05) is 18.3 Å². The molecule has 1 aliphatic rings. The van der Waals surface area contributed by atoms with E-state index in [9.17, 15) is 13.2 Å². The fraction of sp³-hybridized carbons (Fsp3) is 0.636. The van der Waals surface area contributed by atoms with Crippen molar-refractivity contribution in [3.05, 3.63) is 10.6 Å². The summed E-state index contributed by atoms with van der Waals surface area (Å²) in [5, 5.41) is 8.95. The number of nitrogens with zero attached hydrogens (tertiary/aromatic N) is 2. The van der Waals surface area contributed by atoms with Crippen LogP contribution in [0.2, 0.25) is 0 Å². The Morgan fingerprint density at radius 2 is 2.25 bits per heavy atom. The summed E-state index contributed by atoms with van der Waals surface area (Å²) in [5.74, 6) is 0.367. The molecule has 0 saturated carbocycles. The van der Waals surface area contributed by atoms with E-state index in [1.807, 2.05) is 0 Å². The second-order valence-electron chi connectivity index (χ2n) is 4.39. The molecule has 1 aromatic heterocycles. The van der Waals surface area contributed by atoms with Gasteiger partial charge in [-0.15, -0.1) is 0 Å². The van der Waals surface area contributed by atoms with Gasteiger partial charge in [-0.25, -0.2) is 18.2 Å². The van der Waals surface area contributed by atoms with E-state index < -0.39 is 21.2 Å². The van der Waals surface area contributed by atoms with Crippen LogP contribution in [0.15, 0.2) is 0 Å². The lowest BCUT2D eigenvalue weighted by molar-refractivity contribution is 0.0701. The van der Waals surface area contributed by atoms with Crippen LogP contribution < -0.4 is 4.90 Å². The molecule has 0 amide bonds. The molecule has 0 aromatic carbocycles. The molecule has 1 N–H and O–H groups in total. The van der Waals surface area contributed by atoms with Crippen molar-refractivity contribution in [1.82, 2.24) is 4.98 Å². The second-order valence-corrected chi connectivity index (χ2v) is 8.97. The number of carboxylic acid groups (broad SMARTS) is 1. The van der Waals surface area contributed by atoms with Gasteiger partial charge in [0.25, 0.3) is 0 Å². The van der Waals surface area contributed by atoms with Crippen molar-refractivity contribution in [2.45, 2.75) is 19.2 Å². The minimum atomic E-state index is -3.22. The first-order valence-electron chi connectivity index (χ1n) is 6.13. The van der Waals surface area contributed by atoms with Gasteiger partial charge in [0.1, 0.15) is 10.3 Å². The minimum Gasteiger partial charge on any atom is -0.477 e. The molecule has 2 heterocycles. The number of thioether (sulfide) groups is 1.